The summed E-state index contributed by atoms with van der Waals surface area (Å²) in [6.07, 6.45) is -8.11. The van der Waals surface area contributed by atoms with Gasteiger partial charge in [-0.05, 0) is 54.2 Å². The summed E-state index contributed by atoms with van der Waals surface area (Å²) in [5.41, 5.74) is -0.540. The molecule has 1 atom stereocenters. The zero-order valence-electron chi connectivity index (χ0n) is 20.2. The number of aliphatic hydroxyl groups is 1. The number of carbonyl (C=O) groups is 1. The van der Waals surface area contributed by atoms with E-state index in [-0.39, 0.29) is 65.5 Å². The summed E-state index contributed by atoms with van der Waals surface area (Å²) in [5, 5.41) is 12.2. The van der Waals surface area contributed by atoms with Crippen LogP contribution in [0, 0.1) is 13.3 Å². The summed E-state index contributed by atoms with van der Waals surface area (Å²) in [4.78, 5) is 24.0. The van der Waals surface area contributed by atoms with Crippen LogP contribution in [-0.4, -0.2) is 61.3 Å². The van der Waals surface area contributed by atoms with Gasteiger partial charge in [-0.2, -0.15) is 13.2 Å². The minimum absolute atomic E-state index is 0. The molecule has 1 unspecified atom stereocenters. The van der Waals surface area contributed by atoms with Crippen molar-refractivity contribution in [2.45, 2.75) is 30.7 Å². The average molecular weight is 574 g/mol. The van der Waals surface area contributed by atoms with E-state index in [0.29, 0.717) is 40.4 Å². The molecule has 0 aliphatic carbocycles. The maximum atomic E-state index is 12.8. The summed E-state index contributed by atoms with van der Waals surface area (Å²) in [7, 11) is 0. The summed E-state index contributed by atoms with van der Waals surface area (Å²) >= 11 is 0. The second-order valence-electron chi connectivity index (χ2n) is 8.59. The molecule has 0 bridgehead atoms. The maximum absolute atomic E-state index is 12.8. The quantitative estimate of drug-likeness (QED) is 0.540. The molecule has 1 fully saturated rings. The number of hydrogen-bond acceptors (Lipinski definition) is 8. The number of amides is 1. The Morgan fingerprint density at radius 1 is 0.947 bits per heavy atom. The molecule has 1 radical (unpaired) electrons. The summed E-state index contributed by atoms with van der Waals surface area (Å²) in [6, 6.07) is 10.2. The van der Waals surface area contributed by atoms with Crippen LogP contribution >= 0.6 is 0 Å². The molecule has 1 N–H and O–H groups in total. The Balaban J connectivity index is 0.00000200. The number of ether oxygens (including phenoxy) is 5. The van der Waals surface area contributed by atoms with Crippen LogP contribution in [0.25, 0.3) is 0 Å². The molecule has 38 heavy (non-hydrogen) atoms. The Hall–Kier alpha value is -3.09. The molecular weight excluding hydrogens is 550 g/mol. The van der Waals surface area contributed by atoms with Crippen molar-refractivity contribution in [2.24, 2.45) is 5.92 Å². The summed E-state index contributed by atoms with van der Waals surface area (Å²) in [5.74, 6) is 1.57. The van der Waals surface area contributed by atoms with Gasteiger partial charge in [0, 0.05) is 13.1 Å². The second-order valence-corrected chi connectivity index (χ2v) is 8.59. The molecule has 1 amide bonds. The molecule has 9 nitrogen and oxygen atoms in total. The first-order valence-corrected chi connectivity index (χ1v) is 11.1. The minimum Gasteiger partial charge on any atom is -0.538 e. The molecule has 0 aromatic heterocycles. The summed E-state index contributed by atoms with van der Waals surface area (Å²) in [6.45, 7) is 0.118. The largest absolute Gasteiger partial charge is 2.00 e. The van der Waals surface area contributed by atoms with Crippen molar-refractivity contribution in [3.8, 4) is 23.0 Å². The molecule has 2 aromatic rings. The Kier molecular flexibility index (Phi) is 8.80. The van der Waals surface area contributed by atoms with Gasteiger partial charge in [-0.25, -0.2) is 11.1 Å². The smallest absolute Gasteiger partial charge is 0.538 e. The van der Waals surface area contributed by atoms with E-state index >= 15 is 0 Å². The van der Waals surface area contributed by atoms with E-state index < -0.39 is 29.9 Å². The van der Waals surface area contributed by atoms with E-state index in [0.717, 1.165) is 4.90 Å². The fourth-order valence-corrected chi connectivity index (χ4v) is 4.72. The second kappa shape index (κ2) is 11.3. The summed E-state index contributed by atoms with van der Waals surface area (Å²) < 4.78 is 64.4. The predicted molar refractivity (Wildman–Crippen MR) is 121 cm³/mol. The van der Waals surface area contributed by atoms with Crippen LogP contribution in [0.3, 0.4) is 0 Å². The predicted octanol–water partition coefficient (Wildman–Crippen LogP) is 3.72. The third kappa shape index (κ3) is 5.38. The third-order valence-electron chi connectivity index (χ3n) is 6.59. The first kappa shape index (κ1) is 29.5. The zero-order chi connectivity index (χ0) is 25.5. The van der Waals surface area contributed by atoms with Crippen LogP contribution in [0.1, 0.15) is 24.0 Å². The van der Waals surface area contributed by atoms with Gasteiger partial charge in [0.15, 0.2) is 23.0 Å². The SMILES string of the molecule is O=[C-]C(OC(=O)N1CCC(C(O)(c2ccc3c(c2)OCO3)c2ccc3c(c2)OCO3)CC1)C(F)(F)F.[CH3-].[V+2]. The Bertz CT molecular complexity index is 1110. The van der Waals surface area contributed by atoms with Gasteiger partial charge in [-0.1, -0.05) is 12.1 Å². The van der Waals surface area contributed by atoms with Crippen molar-refractivity contribution in [3.63, 3.8) is 0 Å². The molecule has 1 saturated heterocycles. The Morgan fingerprint density at radius 2 is 1.42 bits per heavy atom. The first-order valence-electron chi connectivity index (χ1n) is 11.1. The molecule has 2 aromatic carbocycles. The number of carbonyl (C=O) groups excluding carboxylic acids is 2. The number of benzene rings is 2. The van der Waals surface area contributed by atoms with Gasteiger partial charge in [0.2, 0.25) is 13.6 Å². The topological polar surface area (TPSA) is 104 Å². The number of halogens is 3. The molecule has 0 saturated carbocycles. The monoisotopic (exact) mass is 574 g/mol. The van der Waals surface area contributed by atoms with Crippen molar-refractivity contribution in [1.29, 1.82) is 0 Å². The van der Waals surface area contributed by atoms with E-state index in [1.54, 1.807) is 36.4 Å². The van der Waals surface area contributed by atoms with Gasteiger partial charge in [0.25, 0.3) is 0 Å². The molecule has 3 aliphatic rings. The number of hydrogen-bond donors (Lipinski definition) is 1. The minimum atomic E-state index is -5.05. The van der Waals surface area contributed by atoms with E-state index in [2.05, 4.69) is 4.74 Å². The molecule has 203 valence electrons. The number of rotatable bonds is 5. The number of nitrogens with zero attached hydrogens (tertiary/aromatic N) is 1. The molecular formula is C25H24F3NO8V. The van der Waals surface area contributed by atoms with E-state index in [4.69, 9.17) is 18.9 Å². The standard InChI is InChI=1S/C24H21F3NO8.CH3.V/c25-24(26,27)21(11-29)36-22(30)28-7-5-14(6-8-28)23(31,15-1-3-17-19(9-15)34-12-32-17)16-2-4-18-20(10-16)35-13-33-18;;/h1-4,9-10,14,21,31H,5-8,12-13H2;1H3;/q2*-1;+2. The number of piperidine rings is 1. The van der Waals surface area contributed by atoms with Crippen molar-refractivity contribution < 1.29 is 70.1 Å². The molecule has 3 aliphatic heterocycles. The fraction of sp³-hybridized carbons (Fsp3) is 0.400. The van der Waals surface area contributed by atoms with Crippen LogP contribution in [0.5, 0.6) is 23.0 Å². The van der Waals surface area contributed by atoms with Crippen molar-refractivity contribution in [1.82, 2.24) is 4.90 Å². The van der Waals surface area contributed by atoms with Crippen molar-refractivity contribution in [3.05, 3.63) is 55.0 Å². The third-order valence-corrected chi connectivity index (χ3v) is 6.59. The van der Waals surface area contributed by atoms with Gasteiger partial charge >= 0.3 is 30.8 Å². The zero-order valence-corrected chi connectivity index (χ0v) is 21.6. The van der Waals surface area contributed by atoms with Gasteiger partial charge in [-0.3, -0.25) is 0 Å². The van der Waals surface area contributed by atoms with Gasteiger partial charge < -0.3 is 45.9 Å². The van der Waals surface area contributed by atoms with Crippen molar-refractivity contribution >= 4 is 12.4 Å². The van der Waals surface area contributed by atoms with Gasteiger partial charge in [0.05, 0.1) is 0 Å². The number of fused-ring (bicyclic) bond motifs is 2. The number of alkyl halides is 3. The van der Waals surface area contributed by atoms with Crippen LogP contribution in [0.2, 0.25) is 0 Å². The molecule has 3 heterocycles. The maximum Gasteiger partial charge on any atom is 2.00 e. The van der Waals surface area contributed by atoms with Gasteiger partial charge in [0.1, 0.15) is 11.7 Å². The normalized spacial score (nSPS) is 17.2. The van der Waals surface area contributed by atoms with Gasteiger partial charge in [-0.15, -0.1) is 0 Å². The number of likely N-dealkylation sites (tertiary alicyclic amines) is 1. The molecule has 13 heteroatoms. The Morgan fingerprint density at radius 3 is 1.87 bits per heavy atom. The van der Waals surface area contributed by atoms with Crippen LogP contribution in [0.15, 0.2) is 36.4 Å². The fourth-order valence-electron chi connectivity index (χ4n) is 4.72. The van der Waals surface area contributed by atoms with Crippen LogP contribution in [-0.2, 0) is 33.7 Å². The van der Waals surface area contributed by atoms with E-state index in [1.165, 1.54) is 0 Å². The average Bonchev–Trinajstić information content (AvgIpc) is 3.54. The van der Waals surface area contributed by atoms with Crippen LogP contribution in [0.4, 0.5) is 18.0 Å². The molecule has 5 rings (SSSR count). The van der Waals surface area contributed by atoms with Crippen molar-refractivity contribution in [2.75, 3.05) is 26.7 Å². The van der Waals surface area contributed by atoms with E-state index in [1.807, 2.05) is 0 Å². The van der Waals surface area contributed by atoms with Crippen LogP contribution < -0.4 is 18.9 Å². The Labute approximate surface area is 228 Å². The van der Waals surface area contributed by atoms with E-state index in [9.17, 15) is 27.9 Å². The molecule has 0 spiro atoms. The first-order chi connectivity index (χ1) is 17.2.